The molecule has 0 saturated heterocycles. The Balaban J connectivity index is 2.07. The molecule has 2 aromatic heterocycles. The lowest BCUT2D eigenvalue weighted by molar-refractivity contribution is 1.07. The lowest BCUT2D eigenvalue weighted by atomic mass is 10.2. The molecule has 0 radical (unpaired) electrons. The van der Waals surface area contributed by atoms with Gasteiger partial charge in [0.15, 0.2) is 4.34 Å². The Bertz CT molecular complexity index is 425. The van der Waals surface area contributed by atoms with Crippen molar-refractivity contribution in [1.82, 2.24) is 9.97 Å². The summed E-state index contributed by atoms with van der Waals surface area (Å²) in [6.07, 6.45) is 3.67. The number of aromatic nitrogens is 2. The van der Waals surface area contributed by atoms with Crippen molar-refractivity contribution in [3.63, 3.8) is 0 Å². The van der Waals surface area contributed by atoms with Gasteiger partial charge in [0.2, 0.25) is 0 Å². The van der Waals surface area contributed by atoms with Crippen LogP contribution in [0.25, 0.3) is 0 Å². The first-order valence-electron chi connectivity index (χ1n) is 4.74. The summed E-state index contributed by atoms with van der Waals surface area (Å²) in [6.45, 7) is 4.22. The summed E-state index contributed by atoms with van der Waals surface area (Å²) < 4.78 is 1.14. The highest BCUT2D eigenvalue weighted by molar-refractivity contribution is 8.01. The Morgan fingerprint density at radius 2 is 2.07 bits per heavy atom. The largest absolute Gasteiger partial charge is 0.265 e. The maximum absolute atomic E-state index is 4.44. The van der Waals surface area contributed by atoms with E-state index in [0.29, 0.717) is 5.25 Å². The van der Waals surface area contributed by atoms with Gasteiger partial charge < -0.3 is 0 Å². The Labute approximate surface area is 97.8 Å². The molecule has 0 aliphatic rings. The zero-order chi connectivity index (χ0) is 10.7. The number of thiazole rings is 1. The lowest BCUT2D eigenvalue weighted by Crippen LogP contribution is -1.87. The molecule has 1 atom stereocenters. The van der Waals surface area contributed by atoms with Crippen LogP contribution in [0.1, 0.15) is 23.4 Å². The smallest absolute Gasteiger partial charge is 0.150 e. The van der Waals surface area contributed by atoms with Crippen LogP contribution in [0, 0.1) is 6.92 Å². The van der Waals surface area contributed by atoms with E-state index in [4.69, 9.17) is 0 Å². The minimum Gasteiger partial charge on any atom is -0.265 e. The van der Waals surface area contributed by atoms with Crippen molar-refractivity contribution in [3.8, 4) is 0 Å². The number of rotatable bonds is 3. The molecule has 15 heavy (non-hydrogen) atoms. The highest BCUT2D eigenvalue weighted by Gasteiger charge is 2.09. The fourth-order valence-corrected chi connectivity index (χ4v) is 3.35. The molecule has 0 spiro atoms. The zero-order valence-corrected chi connectivity index (χ0v) is 10.3. The van der Waals surface area contributed by atoms with Gasteiger partial charge in [-0.3, -0.25) is 4.98 Å². The van der Waals surface area contributed by atoms with E-state index in [2.05, 4.69) is 34.4 Å². The zero-order valence-electron chi connectivity index (χ0n) is 8.68. The van der Waals surface area contributed by atoms with E-state index in [9.17, 15) is 0 Å². The van der Waals surface area contributed by atoms with Gasteiger partial charge >= 0.3 is 0 Å². The average Bonchev–Trinajstić information content (AvgIpc) is 2.65. The minimum atomic E-state index is 0.429. The van der Waals surface area contributed by atoms with E-state index in [0.717, 1.165) is 10.0 Å². The minimum absolute atomic E-state index is 0.429. The molecule has 2 nitrogen and oxygen atoms in total. The van der Waals surface area contributed by atoms with Crippen LogP contribution in [0.3, 0.4) is 0 Å². The van der Waals surface area contributed by atoms with Gasteiger partial charge in [-0.1, -0.05) is 11.8 Å². The van der Waals surface area contributed by atoms with Gasteiger partial charge in [-0.25, -0.2) is 4.98 Å². The fraction of sp³-hybridized carbons (Fsp3) is 0.273. The van der Waals surface area contributed by atoms with Gasteiger partial charge in [-0.05, 0) is 31.5 Å². The monoisotopic (exact) mass is 236 g/mol. The van der Waals surface area contributed by atoms with E-state index in [-0.39, 0.29) is 0 Å². The second-order valence-electron chi connectivity index (χ2n) is 3.30. The lowest BCUT2D eigenvalue weighted by Gasteiger charge is -2.08. The molecule has 0 aromatic carbocycles. The molecule has 0 bridgehead atoms. The summed E-state index contributed by atoms with van der Waals surface area (Å²) in [5.41, 5.74) is 2.40. The Morgan fingerprint density at radius 3 is 2.67 bits per heavy atom. The highest BCUT2D eigenvalue weighted by Crippen LogP contribution is 2.35. The van der Waals surface area contributed by atoms with Crippen molar-refractivity contribution in [2.45, 2.75) is 23.4 Å². The van der Waals surface area contributed by atoms with Crippen LogP contribution in [-0.4, -0.2) is 9.97 Å². The molecule has 2 aromatic rings. The summed E-state index contributed by atoms with van der Waals surface area (Å²) in [6, 6.07) is 4.11. The first kappa shape index (κ1) is 10.6. The molecule has 0 N–H and O–H groups in total. The number of pyridine rings is 1. The second kappa shape index (κ2) is 4.77. The second-order valence-corrected chi connectivity index (χ2v) is 5.74. The van der Waals surface area contributed by atoms with Gasteiger partial charge in [0.1, 0.15) is 0 Å². The van der Waals surface area contributed by atoms with Crippen LogP contribution in [-0.2, 0) is 0 Å². The first-order chi connectivity index (χ1) is 7.25. The predicted molar refractivity (Wildman–Crippen MR) is 65.4 cm³/mol. The highest BCUT2D eigenvalue weighted by atomic mass is 32.2. The number of thioether (sulfide) groups is 1. The molecule has 78 valence electrons. The van der Waals surface area contributed by atoms with Crippen LogP contribution in [0.5, 0.6) is 0 Å². The third-order valence-corrected chi connectivity index (χ3v) is 4.30. The van der Waals surface area contributed by atoms with Crippen molar-refractivity contribution in [1.29, 1.82) is 0 Å². The molecule has 0 amide bonds. The number of aryl methyl sites for hydroxylation is 1. The van der Waals surface area contributed by atoms with Crippen LogP contribution in [0.2, 0.25) is 0 Å². The Morgan fingerprint density at radius 1 is 1.33 bits per heavy atom. The first-order valence-corrected chi connectivity index (χ1v) is 6.50. The van der Waals surface area contributed by atoms with Crippen LogP contribution >= 0.6 is 23.1 Å². The predicted octanol–water partition coefficient (Wildman–Crippen LogP) is 3.70. The third-order valence-electron chi connectivity index (χ3n) is 2.05. The summed E-state index contributed by atoms with van der Waals surface area (Å²) >= 11 is 3.51. The summed E-state index contributed by atoms with van der Waals surface area (Å²) in [5, 5.41) is 2.51. The van der Waals surface area contributed by atoms with Gasteiger partial charge in [-0.2, -0.15) is 0 Å². The molecule has 4 heteroatoms. The Hall–Kier alpha value is -0.870. The van der Waals surface area contributed by atoms with Crippen molar-refractivity contribution in [3.05, 3.63) is 41.2 Å². The number of hydrogen-bond donors (Lipinski definition) is 0. The van der Waals surface area contributed by atoms with Gasteiger partial charge in [0.05, 0.1) is 0 Å². The fourth-order valence-electron chi connectivity index (χ4n) is 1.24. The molecular formula is C11H12N2S2. The van der Waals surface area contributed by atoms with Crippen LogP contribution in [0.4, 0.5) is 0 Å². The standard InChI is InChI=1S/C11H12N2S2/c1-8-7-14-11(13-8)15-9(2)10-3-5-12-6-4-10/h3-7,9H,1-2H3/t9-/m0/s1. The maximum atomic E-state index is 4.44. The molecular weight excluding hydrogens is 224 g/mol. The molecule has 0 fully saturated rings. The van der Waals surface area contributed by atoms with E-state index >= 15 is 0 Å². The summed E-state index contributed by atoms with van der Waals surface area (Å²) in [5.74, 6) is 0. The van der Waals surface area contributed by atoms with E-state index < -0.39 is 0 Å². The molecule has 0 unspecified atom stereocenters. The topological polar surface area (TPSA) is 25.8 Å². The molecule has 2 rings (SSSR count). The SMILES string of the molecule is Cc1csc(S[C@@H](C)c2ccncc2)n1. The van der Waals surface area contributed by atoms with E-state index in [1.165, 1.54) is 5.56 Å². The van der Waals surface area contributed by atoms with Crippen molar-refractivity contribution < 1.29 is 0 Å². The molecule has 2 heterocycles. The number of nitrogens with zero attached hydrogens (tertiary/aromatic N) is 2. The van der Waals surface area contributed by atoms with Crippen LogP contribution in [0.15, 0.2) is 34.2 Å². The molecule has 0 aliphatic carbocycles. The van der Waals surface area contributed by atoms with Gasteiger partial charge in [0.25, 0.3) is 0 Å². The maximum Gasteiger partial charge on any atom is 0.150 e. The van der Waals surface area contributed by atoms with Crippen LogP contribution < -0.4 is 0 Å². The average molecular weight is 236 g/mol. The molecule has 0 saturated carbocycles. The van der Waals surface area contributed by atoms with E-state index in [1.54, 1.807) is 23.1 Å². The Kier molecular flexibility index (Phi) is 3.38. The third kappa shape index (κ3) is 2.79. The summed E-state index contributed by atoms with van der Waals surface area (Å²) in [4.78, 5) is 8.46. The van der Waals surface area contributed by atoms with Crippen molar-refractivity contribution in [2.75, 3.05) is 0 Å². The van der Waals surface area contributed by atoms with E-state index in [1.807, 2.05) is 19.3 Å². The van der Waals surface area contributed by atoms with Gasteiger partial charge in [-0.15, -0.1) is 11.3 Å². The normalized spacial score (nSPS) is 12.7. The summed E-state index contributed by atoms with van der Waals surface area (Å²) in [7, 11) is 0. The number of hydrogen-bond acceptors (Lipinski definition) is 4. The van der Waals surface area contributed by atoms with Gasteiger partial charge in [0, 0.05) is 28.7 Å². The quantitative estimate of drug-likeness (QED) is 0.760. The molecule has 0 aliphatic heterocycles. The van der Waals surface area contributed by atoms with Crippen molar-refractivity contribution in [2.24, 2.45) is 0 Å². The van der Waals surface area contributed by atoms with Crippen molar-refractivity contribution >= 4 is 23.1 Å².